The van der Waals surface area contributed by atoms with Crippen LogP contribution in [0.2, 0.25) is 0 Å². The highest BCUT2D eigenvalue weighted by Crippen LogP contribution is 2.23. The minimum atomic E-state index is -1.01. The highest BCUT2D eigenvalue weighted by molar-refractivity contribution is 5.80. The van der Waals surface area contributed by atoms with Crippen LogP contribution in [0.15, 0.2) is 0 Å². The van der Waals surface area contributed by atoms with Gasteiger partial charge in [0, 0.05) is 19.7 Å². The standard InChI is InChI=1S/C14H26N2O4/c1-11-6-4-3-5-7-12(11)15-14(19)16(8-9-20-2)10-13(17)18/h11-12H,3-10H2,1-2H3,(H,15,19)(H,17,18). The van der Waals surface area contributed by atoms with Crippen LogP contribution in [0.4, 0.5) is 4.79 Å². The minimum Gasteiger partial charge on any atom is -0.480 e. The van der Waals surface area contributed by atoms with Crippen LogP contribution < -0.4 is 5.32 Å². The topological polar surface area (TPSA) is 78.9 Å². The molecule has 2 atom stereocenters. The van der Waals surface area contributed by atoms with Crippen LogP contribution in [-0.2, 0) is 9.53 Å². The molecule has 2 amide bonds. The van der Waals surface area contributed by atoms with Crippen molar-refractivity contribution >= 4 is 12.0 Å². The maximum atomic E-state index is 12.2. The van der Waals surface area contributed by atoms with Crippen LogP contribution in [-0.4, -0.2) is 54.9 Å². The van der Waals surface area contributed by atoms with Crippen LogP contribution >= 0.6 is 0 Å². The number of nitrogens with one attached hydrogen (secondary N) is 1. The van der Waals surface area contributed by atoms with Gasteiger partial charge in [-0.15, -0.1) is 0 Å². The molecule has 6 heteroatoms. The summed E-state index contributed by atoms with van der Waals surface area (Å²) in [5.41, 5.74) is 0. The number of aliphatic carboxylic acids is 1. The molecule has 0 saturated heterocycles. The molecule has 0 heterocycles. The Morgan fingerprint density at radius 2 is 2.00 bits per heavy atom. The normalized spacial score (nSPS) is 22.9. The van der Waals surface area contributed by atoms with Crippen LogP contribution in [0.5, 0.6) is 0 Å². The Labute approximate surface area is 120 Å². The number of nitrogens with zero attached hydrogens (tertiary/aromatic N) is 1. The lowest BCUT2D eigenvalue weighted by Crippen LogP contribution is -2.49. The molecule has 1 aliphatic carbocycles. The van der Waals surface area contributed by atoms with Gasteiger partial charge in [0.25, 0.3) is 0 Å². The maximum Gasteiger partial charge on any atom is 0.323 e. The van der Waals surface area contributed by atoms with Gasteiger partial charge < -0.3 is 20.1 Å². The molecule has 116 valence electrons. The van der Waals surface area contributed by atoms with Crippen molar-refractivity contribution in [3.05, 3.63) is 0 Å². The molecule has 1 fully saturated rings. The van der Waals surface area contributed by atoms with E-state index in [1.54, 1.807) is 0 Å². The average molecular weight is 286 g/mol. The number of urea groups is 1. The molecule has 0 radical (unpaired) electrons. The highest BCUT2D eigenvalue weighted by Gasteiger charge is 2.24. The summed E-state index contributed by atoms with van der Waals surface area (Å²) in [6.45, 7) is 2.47. The molecule has 0 bridgehead atoms. The molecule has 0 spiro atoms. The molecule has 1 saturated carbocycles. The van der Waals surface area contributed by atoms with E-state index in [1.807, 2.05) is 0 Å². The Morgan fingerprint density at radius 3 is 2.65 bits per heavy atom. The van der Waals surface area contributed by atoms with Crippen molar-refractivity contribution in [3.63, 3.8) is 0 Å². The van der Waals surface area contributed by atoms with Gasteiger partial charge in [-0.2, -0.15) is 0 Å². The first kappa shape index (κ1) is 16.8. The number of methoxy groups -OCH3 is 1. The molecule has 0 aromatic rings. The van der Waals surface area contributed by atoms with Crippen molar-refractivity contribution < 1.29 is 19.4 Å². The number of hydrogen-bond acceptors (Lipinski definition) is 3. The lowest BCUT2D eigenvalue weighted by molar-refractivity contribution is -0.137. The predicted octanol–water partition coefficient (Wildman–Crippen LogP) is 1.70. The second-order valence-corrected chi connectivity index (χ2v) is 5.48. The molecule has 6 nitrogen and oxygen atoms in total. The first-order valence-corrected chi connectivity index (χ1v) is 7.30. The highest BCUT2D eigenvalue weighted by atomic mass is 16.5. The number of amides is 2. The number of hydrogen-bond donors (Lipinski definition) is 2. The molecule has 2 unspecified atom stereocenters. The summed E-state index contributed by atoms with van der Waals surface area (Å²) in [6.07, 6.45) is 5.61. The maximum absolute atomic E-state index is 12.2. The fourth-order valence-electron chi connectivity index (χ4n) is 2.57. The molecular formula is C14H26N2O4. The minimum absolute atomic E-state index is 0.142. The summed E-state index contributed by atoms with van der Waals surface area (Å²) in [7, 11) is 1.53. The lowest BCUT2D eigenvalue weighted by atomic mass is 9.97. The van der Waals surface area contributed by atoms with Gasteiger partial charge in [0.1, 0.15) is 6.54 Å². The zero-order valence-electron chi connectivity index (χ0n) is 12.4. The first-order valence-electron chi connectivity index (χ1n) is 7.30. The number of carboxylic acid groups (broad SMARTS) is 1. The van der Waals surface area contributed by atoms with Gasteiger partial charge in [-0.05, 0) is 18.8 Å². The number of carboxylic acids is 1. The second-order valence-electron chi connectivity index (χ2n) is 5.48. The summed E-state index contributed by atoms with van der Waals surface area (Å²) in [5, 5.41) is 11.9. The van der Waals surface area contributed by atoms with E-state index in [-0.39, 0.29) is 25.2 Å². The third-order valence-electron chi connectivity index (χ3n) is 3.85. The van der Waals surface area contributed by atoms with Crippen molar-refractivity contribution in [3.8, 4) is 0 Å². The third-order valence-corrected chi connectivity index (χ3v) is 3.85. The average Bonchev–Trinajstić information content (AvgIpc) is 2.59. The van der Waals surface area contributed by atoms with Crippen molar-refractivity contribution in [1.29, 1.82) is 0 Å². The van der Waals surface area contributed by atoms with Gasteiger partial charge in [0.2, 0.25) is 0 Å². The van der Waals surface area contributed by atoms with Crippen molar-refractivity contribution in [2.24, 2.45) is 5.92 Å². The van der Waals surface area contributed by atoms with Crippen molar-refractivity contribution in [2.45, 2.75) is 45.1 Å². The van der Waals surface area contributed by atoms with Crippen LogP contribution in [0.25, 0.3) is 0 Å². The molecule has 1 aliphatic rings. The SMILES string of the molecule is COCCN(CC(=O)O)C(=O)NC1CCCCCC1C. The number of ether oxygens (including phenoxy) is 1. The van der Waals surface area contributed by atoms with Gasteiger partial charge in [0.15, 0.2) is 0 Å². The number of rotatable bonds is 6. The molecule has 0 aromatic carbocycles. The van der Waals surface area contributed by atoms with Gasteiger partial charge in [-0.1, -0.05) is 26.2 Å². The summed E-state index contributed by atoms with van der Waals surface area (Å²) in [6, 6.07) is -0.160. The largest absolute Gasteiger partial charge is 0.480 e. The van der Waals surface area contributed by atoms with Crippen molar-refractivity contribution in [1.82, 2.24) is 10.2 Å². The lowest BCUT2D eigenvalue weighted by Gasteiger charge is -2.27. The molecule has 0 aromatic heterocycles. The van der Waals surface area contributed by atoms with E-state index < -0.39 is 5.97 Å². The summed E-state index contributed by atoms with van der Waals surface area (Å²) < 4.78 is 4.92. The zero-order valence-corrected chi connectivity index (χ0v) is 12.4. The number of carbonyl (C=O) groups is 2. The molecule has 0 aliphatic heterocycles. The van der Waals surface area contributed by atoms with E-state index >= 15 is 0 Å². The Kier molecular flexibility index (Phi) is 7.36. The summed E-state index contributed by atoms with van der Waals surface area (Å²) in [5.74, 6) is -0.569. The Balaban J connectivity index is 2.56. The van der Waals surface area contributed by atoms with Crippen LogP contribution in [0.3, 0.4) is 0 Å². The fraction of sp³-hybridized carbons (Fsp3) is 0.857. The van der Waals surface area contributed by atoms with Gasteiger partial charge in [0.05, 0.1) is 6.61 Å². The number of carbonyl (C=O) groups excluding carboxylic acids is 1. The van der Waals surface area contributed by atoms with Crippen LogP contribution in [0, 0.1) is 5.92 Å². The van der Waals surface area contributed by atoms with E-state index in [0.29, 0.717) is 12.5 Å². The first-order chi connectivity index (χ1) is 9.54. The Morgan fingerprint density at radius 1 is 1.30 bits per heavy atom. The third kappa shape index (κ3) is 5.77. The fourth-order valence-corrected chi connectivity index (χ4v) is 2.57. The van der Waals surface area contributed by atoms with E-state index in [9.17, 15) is 9.59 Å². The monoisotopic (exact) mass is 286 g/mol. The quantitative estimate of drug-likeness (QED) is 0.728. The summed E-state index contributed by atoms with van der Waals surface area (Å²) in [4.78, 5) is 24.3. The van der Waals surface area contributed by atoms with E-state index in [2.05, 4.69) is 12.2 Å². The summed E-state index contributed by atoms with van der Waals surface area (Å²) >= 11 is 0. The Hall–Kier alpha value is -1.30. The molecule has 1 rings (SSSR count). The molecule has 20 heavy (non-hydrogen) atoms. The van der Waals surface area contributed by atoms with Gasteiger partial charge in [-0.25, -0.2) is 4.79 Å². The predicted molar refractivity (Wildman–Crippen MR) is 75.7 cm³/mol. The second kappa shape index (κ2) is 8.79. The Bertz CT molecular complexity index is 322. The van der Waals surface area contributed by atoms with E-state index in [1.165, 1.54) is 24.9 Å². The smallest absolute Gasteiger partial charge is 0.323 e. The van der Waals surface area contributed by atoms with Gasteiger partial charge in [-0.3, -0.25) is 4.79 Å². The van der Waals surface area contributed by atoms with E-state index in [0.717, 1.165) is 19.3 Å². The van der Waals surface area contributed by atoms with Crippen LogP contribution in [0.1, 0.15) is 39.0 Å². The zero-order chi connectivity index (χ0) is 15.0. The van der Waals surface area contributed by atoms with Gasteiger partial charge >= 0.3 is 12.0 Å². The van der Waals surface area contributed by atoms with Crippen molar-refractivity contribution in [2.75, 3.05) is 26.8 Å². The van der Waals surface area contributed by atoms with E-state index in [4.69, 9.17) is 9.84 Å². The molecular weight excluding hydrogens is 260 g/mol. The molecule has 2 N–H and O–H groups in total.